The van der Waals surface area contributed by atoms with Crippen LogP contribution in [0.5, 0.6) is 0 Å². The van der Waals surface area contributed by atoms with Gasteiger partial charge in [0.25, 0.3) is 0 Å². The van der Waals surface area contributed by atoms with Crippen molar-refractivity contribution < 1.29 is 0 Å². The van der Waals surface area contributed by atoms with Gasteiger partial charge in [0.15, 0.2) is 0 Å². The van der Waals surface area contributed by atoms with Crippen molar-refractivity contribution >= 4 is 0 Å². The average Bonchev–Trinajstić information content (AvgIpc) is 3.32. The van der Waals surface area contributed by atoms with Gasteiger partial charge in [-0.2, -0.15) is 0 Å². The number of aromatic nitrogens is 1. The zero-order valence-corrected chi connectivity index (χ0v) is 12.5. The Morgan fingerprint density at radius 3 is 2.60 bits per heavy atom. The summed E-state index contributed by atoms with van der Waals surface area (Å²) in [7, 11) is 0. The molecule has 0 aromatic carbocycles. The predicted molar refractivity (Wildman–Crippen MR) is 81.5 cm³/mol. The quantitative estimate of drug-likeness (QED) is 0.851. The van der Waals surface area contributed by atoms with E-state index in [2.05, 4.69) is 39.2 Å². The summed E-state index contributed by atoms with van der Waals surface area (Å²) in [6.07, 6.45) is 4.86. The molecule has 1 aliphatic carbocycles. The summed E-state index contributed by atoms with van der Waals surface area (Å²) < 4.78 is 0. The van der Waals surface area contributed by atoms with Gasteiger partial charge in [-0.15, -0.1) is 0 Å². The molecule has 1 aromatic heterocycles. The molecule has 2 fully saturated rings. The molecule has 1 aliphatic heterocycles. The van der Waals surface area contributed by atoms with E-state index in [1.54, 1.807) is 0 Å². The van der Waals surface area contributed by atoms with E-state index < -0.39 is 0 Å². The van der Waals surface area contributed by atoms with E-state index in [1.807, 2.05) is 6.20 Å². The predicted octanol–water partition coefficient (Wildman–Crippen LogP) is 1.47. The first kappa shape index (κ1) is 14.0. The van der Waals surface area contributed by atoms with Gasteiger partial charge in [-0.25, -0.2) is 0 Å². The average molecular weight is 274 g/mol. The van der Waals surface area contributed by atoms with Crippen molar-refractivity contribution in [3.8, 4) is 0 Å². The highest BCUT2D eigenvalue weighted by atomic mass is 15.3. The third-order valence-electron chi connectivity index (χ3n) is 4.32. The van der Waals surface area contributed by atoms with Crippen LogP contribution in [-0.2, 0) is 13.1 Å². The molecule has 1 aromatic rings. The van der Waals surface area contributed by atoms with Crippen LogP contribution in [0.15, 0.2) is 18.3 Å². The molecule has 0 bridgehead atoms. The molecule has 2 heterocycles. The molecule has 0 unspecified atom stereocenters. The largest absolute Gasteiger partial charge is 0.313 e. The SMILES string of the molecule is CCNCc1ccc(CN2CCN(C3CC3)CC2)nc1. The van der Waals surface area contributed by atoms with Gasteiger partial charge in [-0.05, 0) is 31.0 Å². The van der Waals surface area contributed by atoms with Crippen molar-refractivity contribution in [3.63, 3.8) is 0 Å². The van der Waals surface area contributed by atoms with Crippen LogP contribution in [0.1, 0.15) is 31.0 Å². The van der Waals surface area contributed by atoms with E-state index in [1.165, 1.54) is 50.3 Å². The van der Waals surface area contributed by atoms with Crippen molar-refractivity contribution in [1.82, 2.24) is 20.1 Å². The smallest absolute Gasteiger partial charge is 0.0544 e. The van der Waals surface area contributed by atoms with Crippen molar-refractivity contribution in [2.75, 3.05) is 32.7 Å². The lowest BCUT2D eigenvalue weighted by Crippen LogP contribution is -2.46. The molecule has 0 radical (unpaired) electrons. The minimum Gasteiger partial charge on any atom is -0.313 e. The zero-order chi connectivity index (χ0) is 13.8. The Kier molecular flexibility index (Phi) is 4.65. The summed E-state index contributed by atoms with van der Waals surface area (Å²) >= 11 is 0. The Balaban J connectivity index is 1.45. The van der Waals surface area contributed by atoms with Crippen LogP contribution in [0.25, 0.3) is 0 Å². The number of hydrogen-bond acceptors (Lipinski definition) is 4. The minimum atomic E-state index is 0.917. The fourth-order valence-electron chi connectivity index (χ4n) is 2.88. The lowest BCUT2D eigenvalue weighted by atomic mass is 10.2. The topological polar surface area (TPSA) is 31.4 Å². The molecular weight excluding hydrogens is 248 g/mol. The molecule has 1 saturated carbocycles. The third-order valence-corrected chi connectivity index (χ3v) is 4.32. The van der Waals surface area contributed by atoms with Gasteiger partial charge in [-0.1, -0.05) is 13.0 Å². The maximum absolute atomic E-state index is 4.60. The minimum absolute atomic E-state index is 0.917. The van der Waals surface area contributed by atoms with Crippen LogP contribution < -0.4 is 5.32 Å². The summed E-state index contributed by atoms with van der Waals surface area (Å²) in [6.45, 7) is 9.92. The zero-order valence-electron chi connectivity index (χ0n) is 12.5. The highest BCUT2D eigenvalue weighted by Gasteiger charge is 2.31. The molecule has 1 N–H and O–H groups in total. The van der Waals surface area contributed by atoms with Gasteiger partial charge in [0, 0.05) is 51.5 Å². The molecule has 110 valence electrons. The lowest BCUT2D eigenvalue weighted by molar-refractivity contribution is 0.120. The second kappa shape index (κ2) is 6.66. The van der Waals surface area contributed by atoms with E-state index >= 15 is 0 Å². The molecule has 4 nitrogen and oxygen atoms in total. The van der Waals surface area contributed by atoms with E-state index in [4.69, 9.17) is 0 Å². The number of rotatable bonds is 6. The van der Waals surface area contributed by atoms with Crippen LogP contribution in [-0.4, -0.2) is 53.5 Å². The summed E-state index contributed by atoms with van der Waals surface area (Å²) in [5.74, 6) is 0. The Morgan fingerprint density at radius 1 is 1.20 bits per heavy atom. The van der Waals surface area contributed by atoms with Crippen molar-refractivity contribution in [2.45, 2.75) is 38.9 Å². The lowest BCUT2D eigenvalue weighted by Gasteiger charge is -2.34. The molecular formula is C16H26N4. The van der Waals surface area contributed by atoms with Crippen LogP contribution in [0.4, 0.5) is 0 Å². The fraction of sp³-hybridized carbons (Fsp3) is 0.688. The van der Waals surface area contributed by atoms with E-state index in [0.717, 1.165) is 25.7 Å². The van der Waals surface area contributed by atoms with Crippen molar-refractivity contribution in [2.24, 2.45) is 0 Å². The molecule has 0 atom stereocenters. The highest BCUT2D eigenvalue weighted by Crippen LogP contribution is 2.27. The Hall–Kier alpha value is -0.970. The van der Waals surface area contributed by atoms with Gasteiger partial charge in [0.2, 0.25) is 0 Å². The first-order chi connectivity index (χ1) is 9.85. The van der Waals surface area contributed by atoms with Crippen LogP contribution in [0, 0.1) is 0 Å². The van der Waals surface area contributed by atoms with Gasteiger partial charge in [0.1, 0.15) is 0 Å². The highest BCUT2D eigenvalue weighted by molar-refractivity contribution is 5.14. The molecule has 2 aliphatic rings. The molecule has 3 rings (SSSR count). The Labute approximate surface area is 122 Å². The molecule has 4 heteroatoms. The number of hydrogen-bond donors (Lipinski definition) is 1. The van der Waals surface area contributed by atoms with Crippen LogP contribution in [0.3, 0.4) is 0 Å². The summed E-state index contributed by atoms with van der Waals surface area (Å²) in [6, 6.07) is 5.30. The second-order valence-corrected chi connectivity index (χ2v) is 5.98. The number of piperazine rings is 1. The summed E-state index contributed by atoms with van der Waals surface area (Å²) in [4.78, 5) is 9.79. The number of pyridine rings is 1. The van der Waals surface area contributed by atoms with Gasteiger partial charge < -0.3 is 5.32 Å². The first-order valence-corrected chi connectivity index (χ1v) is 7.96. The van der Waals surface area contributed by atoms with Gasteiger partial charge in [0.05, 0.1) is 5.69 Å². The molecule has 0 amide bonds. The molecule has 1 saturated heterocycles. The standard InChI is InChI=1S/C16H26N4/c1-2-17-11-14-3-4-15(18-12-14)13-19-7-9-20(10-8-19)16-5-6-16/h3-4,12,16-17H,2,5-11,13H2,1H3. The van der Waals surface area contributed by atoms with Crippen molar-refractivity contribution in [3.05, 3.63) is 29.6 Å². The normalized spacial score (nSPS) is 21.2. The monoisotopic (exact) mass is 274 g/mol. The van der Waals surface area contributed by atoms with Gasteiger partial charge >= 0.3 is 0 Å². The third kappa shape index (κ3) is 3.78. The molecule has 20 heavy (non-hydrogen) atoms. The summed E-state index contributed by atoms with van der Waals surface area (Å²) in [5.41, 5.74) is 2.47. The molecule has 0 spiro atoms. The Morgan fingerprint density at radius 2 is 2.00 bits per heavy atom. The maximum Gasteiger partial charge on any atom is 0.0544 e. The Bertz CT molecular complexity index is 405. The van der Waals surface area contributed by atoms with Crippen LogP contribution in [0.2, 0.25) is 0 Å². The van der Waals surface area contributed by atoms with E-state index in [-0.39, 0.29) is 0 Å². The number of nitrogens with one attached hydrogen (secondary N) is 1. The fourth-order valence-corrected chi connectivity index (χ4v) is 2.88. The van der Waals surface area contributed by atoms with Crippen molar-refractivity contribution in [1.29, 1.82) is 0 Å². The van der Waals surface area contributed by atoms with Gasteiger partial charge in [-0.3, -0.25) is 14.8 Å². The van der Waals surface area contributed by atoms with E-state index in [0.29, 0.717) is 0 Å². The first-order valence-electron chi connectivity index (χ1n) is 7.96. The summed E-state index contributed by atoms with van der Waals surface area (Å²) in [5, 5.41) is 3.33. The second-order valence-electron chi connectivity index (χ2n) is 5.98. The maximum atomic E-state index is 4.60. The van der Waals surface area contributed by atoms with E-state index in [9.17, 15) is 0 Å². The van der Waals surface area contributed by atoms with Crippen LogP contribution >= 0.6 is 0 Å². The number of nitrogens with zero attached hydrogens (tertiary/aromatic N) is 3.